The molecule has 0 aromatic heterocycles. The van der Waals surface area contributed by atoms with E-state index < -0.39 is 0 Å². The Bertz CT molecular complexity index is 387. The first-order chi connectivity index (χ1) is 8.22. The lowest BCUT2D eigenvalue weighted by Crippen LogP contribution is -1.86. The molecule has 1 aromatic carbocycles. The van der Waals surface area contributed by atoms with Gasteiger partial charge in [0.1, 0.15) is 6.29 Å². The third-order valence-electron chi connectivity index (χ3n) is 2.78. The van der Waals surface area contributed by atoms with E-state index in [-0.39, 0.29) is 0 Å². The average Bonchev–Trinajstić information content (AvgIpc) is 2.37. The van der Waals surface area contributed by atoms with E-state index in [0.717, 1.165) is 32.0 Å². The maximum Gasteiger partial charge on any atom is 0.145 e. The SMILES string of the molecule is C=C(C=O)CCC(C)=CCCc1ccccc1. The van der Waals surface area contributed by atoms with Crippen LogP contribution < -0.4 is 0 Å². The fourth-order valence-electron chi connectivity index (χ4n) is 1.65. The molecule has 1 rings (SSSR count). The van der Waals surface area contributed by atoms with Crippen LogP contribution in [0.2, 0.25) is 0 Å². The smallest absolute Gasteiger partial charge is 0.145 e. The van der Waals surface area contributed by atoms with Crippen LogP contribution in [0, 0.1) is 0 Å². The van der Waals surface area contributed by atoms with Crippen LogP contribution in [0.4, 0.5) is 0 Å². The van der Waals surface area contributed by atoms with Crippen LogP contribution in [0.3, 0.4) is 0 Å². The maximum absolute atomic E-state index is 10.4. The number of rotatable bonds is 7. The molecule has 0 heterocycles. The van der Waals surface area contributed by atoms with E-state index >= 15 is 0 Å². The molecule has 0 saturated carbocycles. The molecular formula is C16H20O. The molecule has 0 unspecified atom stereocenters. The fraction of sp³-hybridized carbons (Fsp3) is 0.312. The highest BCUT2D eigenvalue weighted by atomic mass is 16.1. The van der Waals surface area contributed by atoms with Crippen molar-refractivity contribution in [1.82, 2.24) is 0 Å². The Morgan fingerprint density at radius 1 is 1.24 bits per heavy atom. The highest BCUT2D eigenvalue weighted by Crippen LogP contribution is 2.11. The van der Waals surface area contributed by atoms with Crippen LogP contribution in [0.5, 0.6) is 0 Å². The van der Waals surface area contributed by atoms with Crippen LogP contribution in [0.1, 0.15) is 31.7 Å². The first kappa shape index (κ1) is 13.4. The van der Waals surface area contributed by atoms with Gasteiger partial charge in [-0.3, -0.25) is 4.79 Å². The lowest BCUT2D eigenvalue weighted by molar-refractivity contribution is -0.105. The van der Waals surface area contributed by atoms with Crippen LogP contribution >= 0.6 is 0 Å². The van der Waals surface area contributed by atoms with Gasteiger partial charge in [0.2, 0.25) is 0 Å². The standard InChI is InChI=1S/C16H20O/c1-14(11-12-15(2)13-17)7-6-10-16-8-4-3-5-9-16/h3-5,7-9,13H,2,6,10-12H2,1H3. The minimum Gasteiger partial charge on any atom is -0.298 e. The van der Waals surface area contributed by atoms with Crippen molar-refractivity contribution in [3.63, 3.8) is 0 Å². The third kappa shape index (κ3) is 5.86. The zero-order valence-electron chi connectivity index (χ0n) is 10.5. The highest BCUT2D eigenvalue weighted by Gasteiger charge is 1.95. The summed E-state index contributed by atoms with van der Waals surface area (Å²) in [6, 6.07) is 10.5. The third-order valence-corrected chi connectivity index (χ3v) is 2.78. The molecule has 17 heavy (non-hydrogen) atoms. The van der Waals surface area contributed by atoms with Gasteiger partial charge < -0.3 is 0 Å². The van der Waals surface area contributed by atoms with Crippen molar-refractivity contribution >= 4 is 6.29 Å². The summed E-state index contributed by atoms with van der Waals surface area (Å²) in [7, 11) is 0. The quantitative estimate of drug-likeness (QED) is 0.390. The van der Waals surface area contributed by atoms with E-state index in [1.807, 2.05) is 6.07 Å². The van der Waals surface area contributed by atoms with Crippen molar-refractivity contribution in [3.05, 3.63) is 59.7 Å². The monoisotopic (exact) mass is 228 g/mol. The second-order valence-corrected chi connectivity index (χ2v) is 4.35. The summed E-state index contributed by atoms with van der Waals surface area (Å²) in [5.41, 5.74) is 3.39. The Morgan fingerprint density at radius 2 is 1.94 bits per heavy atom. The van der Waals surface area contributed by atoms with E-state index in [1.165, 1.54) is 11.1 Å². The van der Waals surface area contributed by atoms with E-state index in [4.69, 9.17) is 0 Å². The van der Waals surface area contributed by atoms with Gasteiger partial charge in [-0.2, -0.15) is 0 Å². The van der Waals surface area contributed by atoms with Gasteiger partial charge in [0, 0.05) is 0 Å². The van der Waals surface area contributed by atoms with Gasteiger partial charge in [-0.05, 0) is 43.7 Å². The lowest BCUT2D eigenvalue weighted by Gasteiger charge is -2.01. The Morgan fingerprint density at radius 3 is 2.59 bits per heavy atom. The molecule has 0 aliphatic heterocycles. The first-order valence-corrected chi connectivity index (χ1v) is 6.05. The summed E-state index contributed by atoms with van der Waals surface area (Å²) in [6.07, 6.45) is 6.95. The summed E-state index contributed by atoms with van der Waals surface area (Å²) in [6.45, 7) is 5.79. The maximum atomic E-state index is 10.4. The molecule has 0 amide bonds. The van der Waals surface area contributed by atoms with Crippen molar-refractivity contribution in [2.75, 3.05) is 0 Å². The summed E-state index contributed by atoms with van der Waals surface area (Å²) in [5, 5.41) is 0. The number of carbonyl (C=O) groups is 1. The topological polar surface area (TPSA) is 17.1 Å². The number of hydrogen-bond donors (Lipinski definition) is 0. The Kier molecular flexibility index (Phi) is 6.02. The second-order valence-electron chi connectivity index (χ2n) is 4.35. The molecule has 0 aliphatic carbocycles. The minimum absolute atomic E-state index is 0.681. The number of hydrogen-bond acceptors (Lipinski definition) is 1. The second kappa shape index (κ2) is 7.61. The predicted molar refractivity (Wildman–Crippen MR) is 73.0 cm³/mol. The van der Waals surface area contributed by atoms with Crippen molar-refractivity contribution < 1.29 is 4.79 Å². The molecule has 0 bridgehead atoms. The predicted octanol–water partition coefficient (Wildman–Crippen LogP) is 4.10. The molecule has 1 heteroatoms. The van der Waals surface area contributed by atoms with Gasteiger partial charge in [0.05, 0.1) is 0 Å². The molecule has 0 aliphatic rings. The number of carbonyl (C=O) groups excluding carboxylic acids is 1. The minimum atomic E-state index is 0.681. The molecule has 0 atom stereocenters. The van der Waals surface area contributed by atoms with Crippen molar-refractivity contribution in [3.8, 4) is 0 Å². The number of allylic oxidation sites excluding steroid dienone is 3. The van der Waals surface area contributed by atoms with E-state index in [9.17, 15) is 4.79 Å². The molecule has 1 aromatic rings. The van der Waals surface area contributed by atoms with Gasteiger partial charge in [-0.25, -0.2) is 0 Å². The number of aldehydes is 1. The van der Waals surface area contributed by atoms with Gasteiger partial charge in [0.25, 0.3) is 0 Å². The fourth-order valence-corrected chi connectivity index (χ4v) is 1.65. The van der Waals surface area contributed by atoms with Crippen LogP contribution in [-0.4, -0.2) is 6.29 Å². The average molecular weight is 228 g/mol. The van der Waals surface area contributed by atoms with Gasteiger partial charge >= 0.3 is 0 Å². The number of aryl methyl sites for hydroxylation is 1. The molecule has 0 spiro atoms. The van der Waals surface area contributed by atoms with Crippen molar-refractivity contribution in [2.45, 2.75) is 32.6 Å². The first-order valence-electron chi connectivity index (χ1n) is 6.05. The molecular weight excluding hydrogens is 208 g/mol. The summed E-state index contributed by atoms with van der Waals surface area (Å²) in [5.74, 6) is 0. The van der Waals surface area contributed by atoms with E-state index in [2.05, 4.69) is 43.8 Å². The highest BCUT2D eigenvalue weighted by molar-refractivity contribution is 5.71. The van der Waals surface area contributed by atoms with Gasteiger partial charge in [0.15, 0.2) is 0 Å². The summed E-state index contributed by atoms with van der Waals surface area (Å²) < 4.78 is 0. The largest absolute Gasteiger partial charge is 0.298 e. The summed E-state index contributed by atoms with van der Waals surface area (Å²) in [4.78, 5) is 10.4. The molecule has 1 nitrogen and oxygen atoms in total. The molecule has 0 N–H and O–H groups in total. The molecule has 0 saturated heterocycles. The van der Waals surface area contributed by atoms with Gasteiger partial charge in [-0.1, -0.05) is 48.6 Å². The molecule has 0 radical (unpaired) electrons. The Hall–Kier alpha value is -1.63. The van der Waals surface area contributed by atoms with Crippen molar-refractivity contribution in [2.24, 2.45) is 0 Å². The van der Waals surface area contributed by atoms with Crippen LogP contribution in [0.15, 0.2) is 54.1 Å². The van der Waals surface area contributed by atoms with Crippen LogP contribution in [0.25, 0.3) is 0 Å². The molecule has 90 valence electrons. The Balaban J connectivity index is 2.28. The van der Waals surface area contributed by atoms with E-state index in [1.54, 1.807) is 0 Å². The zero-order valence-corrected chi connectivity index (χ0v) is 10.5. The van der Waals surface area contributed by atoms with Gasteiger partial charge in [-0.15, -0.1) is 0 Å². The molecule has 0 fully saturated rings. The zero-order chi connectivity index (χ0) is 12.5. The summed E-state index contributed by atoms with van der Waals surface area (Å²) >= 11 is 0. The van der Waals surface area contributed by atoms with Crippen molar-refractivity contribution in [1.29, 1.82) is 0 Å². The van der Waals surface area contributed by atoms with E-state index in [0.29, 0.717) is 5.57 Å². The Labute approximate surface area is 104 Å². The normalized spacial score (nSPS) is 11.2. The van der Waals surface area contributed by atoms with Crippen LogP contribution in [-0.2, 0) is 11.2 Å². The lowest BCUT2D eigenvalue weighted by atomic mass is 10.0. The number of benzene rings is 1.